The monoisotopic (exact) mass is 224 g/mol. The van der Waals surface area contributed by atoms with E-state index in [1.807, 2.05) is 0 Å². The first-order valence-electron chi connectivity index (χ1n) is 5.31. The number of carbonyl (C=O) groups is 1. The minimum Gasteiger partial charge on any atom is -0.349 e. The lowest BCUT2D eigenvalue weighted by molar-refractivity contribution is -0.124. The maximum atomic E-state index is 13.4. The van der Waals surface area contributed by atoms with Gasteiger partial charge in [-0.2, -0.15) is 0 Å². The average Bonchev–Trinajstić information content (AvgIpc) is 2.28. The van der Waals surface area contributed by atoms with Crippen LogP contribution in [0.15, 0.2) is 24.3 Å². The first-order valence-corrected chi connectivity index (χ1v) is 5.31. The number of benzene rings is 1. The van der Waals surface area contributed by atoms with Crippen molar-refractivity contribution in [2.45, 2.75) is 19.9 Å². The molecule has 0 radical (unpaired) electrons. The Morgan fingerprint density at radius 3 is 2.62 bits per heavy atom. The highest BCUT2D eigenvalue weighted by atomic mass is 19.1. The molecule has 0 spiro atoms. The van der Waals surface area contributed by atoms with Crippen LogP contribution in [0.2, 0.25) is 0 Å². The van der Waals surface area contributed by atoms with Crippen LogP contribution in [0.4, 0.5) is 4.39 Å². The van der Waals surface area contributed by atoms with Gasteiger partial charge in [-0.15, -0.1) is 0 Å². The summed E-state index contributed by atoms with van der Waals surface area (Å²) in [5.41, 5.74) is 5.87. The third-order valence-electron chi connectivity index (χ3n) is 2.53. The van der Waals surface area contributed by atoms with Crippen LogP contribution in [0.25, 0.3) is 0 Å². The van der Waals surface area contributed by atoms with Gasteiger partial charge in [0.25, 0.3) is 0 Å². The number of rotatable bonds is 4. The number of halogens is 1. The lowest BCUT2D eigenvalue weighted by Gasteiger charge is -2.17. The zero-order valence-electron chi connectivity index (χ0n) is 9.53. The van der Waals surface area contributed by atoms with E-state index < -0.39 is 0 Å². The van der Waals surface area contributed by atoms with Crippen LogP contribution in [0.5, 0.6) is 0 Å². The van der Waals surface area contributed by atoms with E-state index >= 15 is 0 Å². The van der Waals surface area contributed by atoms with Crippen molar-refractivity contribution in [1.82, 2.24) is 5.32 Å². The Bertz CT molecular complexity index is 368. The van der Waals surface area contributed by atoms with Crippen LogP contribution >= 0.6 is 0 Å². The minimum atomic E-state index is -0.345. The molecule has 1 aromatic carbocycles. The van der Waals surface area contributed by atoms with E-state index in [1.54, 1.807) is 32.0 Å². The Morgan fingerprint density at radius 1 is 1.44 bits per heavy atom. The van der Waals surface area contributed by atoms with Gasteiger partial charge in [-0.05, 0) is 13.0 Å². The Morgan fingerprint density at radius 2 is 2.06 bits per heavy atom. The largest absolute Gasteiger partial charge is 0.349 e. The smallest absolute Gasteiger partial charge is 0.224 e. The van der Waals surface area contributed by atoms with Crippen molar-refractivity contribution < 1.29 is 9.18 Å². The molecule has 0 aliphatic rings. The lowest BCUT2D eigenvalue weighted by atomic mass is 10.1. The van der Waals surface area contributed by atoms with Crippen molar-refractivity contribution in [3.05, 3.63) is 35.6 Å². The predicted molar refractivity (Wildman–Crippen MR) is 61.2 cm³/mol. The van der Waals surface area contributed by atoms with E-state index in [1.165, 1.54) is 6.07 Å². The van der Waals surface area contributed by atoms with Crippen LogP contribution in [-0.2, 0) is 4.79 Å². The molecule has 0 aromatic heterocycles. The third kappa shape index (κ3) is 3.03. The summed E-state index contributed by atoms with van der Waals surface area (Å²) < 4.78 is 13.4. The van der Waals surface area contributed by atoms with Crippen molar-refractivity contribution in [1.29, 1.82) is 0 Å². The van der Waals surface area contributed by atoms with E-state index in [-0.39, 0.29) is 30.2 Å². The number of carbonyl (C=O) groups excluding carboxylic acids is 1. The quantitative estimate of drug-likeness (QED) is 0.816. The molecule has 1 amide bonds. The SMILES string of the molecule is CC(CN)C(=O)NC(C)c1ccccc1F. The second kappa shape index (κ2) is 5.61. The first kappa shape index (κ1) is 12.6. The molecule has 3 nitrogen and oxygen atoms in total. The van der Waals surface area contributed by atoms with Gasteiger partial charge in [0.05, 0.1) is 6.04 Å². The van der Waals surface area contributed by atoms with E-state index in [9.17, 15) is 9.18 Å². The normalized spacial score (nSPS) is 14.2. The van der Waals surface area contributed by atoms with Crippen LogP contribution in [0, 0.1) is 11.7 Å². The van der Waals surface area contributed by atoms with Crippen LogP contribution in [-0.4, -0.2) is 12.5 Å². The molecule has 0 bridgehead atoms. The highest BCUT2D eigenvalue weighted by Gasteiger charge is 2.16. The van der Waals surface area contributed by atoms with E-state index in [2.05, 4.69) is 5.32 Å². The molecular formula is C12H17FN2O. The van der Waals surface area contributed by atoms with Crippen molar-refractivity contribution in [2.24, 2.45) is 11.7 Å². The molecule has 88 valence electrons. The summed E-state index contributed by atoms with van der Waals surface area (Å²) in [6.45, 7) is 3.78. The Labute approximate surface area is 94.8 Å². The summed E-state index contributed by atoms with van der Waals surface area (Å²) in [7, 11) is 0. The molecule has 4 heteroatoms. The number of nitrogens with one attached hydrogen (secondary N) is 1. The second-order valence-corrected chi connectivity index (χ2v) is 3.89. The van der Waals surface area contributed by atoms with Crippen molar-refractivity contribution in [3.8, 4) is 0 Å². The predicted octanol–water partition coefficient (Wildman–Crippen LogP) is 1.60. The summed E-state index contributed by atoms with van der Waals surface area (Å²) in [6.07, 6.45) is 0. The molecule has 3 N–H and O–H groups in total. The highest BCUT2D eigenvalue weighted by molar-refractivity contribution is 5.78. The standard InChI is InChI=1S/C12H17FN2O/c1-8(7-14)12(16)15-9(2)10-5-3-4-6-11(10)13/h3-6,8-9H,7,14H2,1-2H3,(H,15,16). The van der Waals surface area contributed by atoms with Gasteiger partial charge < -0.3 is 11.1 Å². The second-order valence-electron chi connectivity index (χ2n) is 3.89. The zero-order valence-corrected chi connectivity index (χ0v) is 9.53. The van der Waals surface area contributed by atoms with Crippen LogP contribution in [0.1, 0.15) is 25.5 Å². The van der Waals surface area contributed by atoms with Gasteiger partial charge in [0.2, 0.25) is 5.91 Å². The van der Waals surface area contributed by atoms with Gasteiger partial charge in [-0.25, -0.2) is 4.39 Å². The molecule has 2 unspecified atom stereocenters. The first-order chi connectivity index (χ1) is 7.56. The molecule has 0 fully saturated rings. The topological polar surface area (TPSA) is 55.1 Å². The van der Waals surface area contributed by atoms with Gasteiger partial charge in [-0.3, -0.25) is 4.79 Å². The average molecular weight is 224 g/mol. The number of hydrogen-bond acceptors (Lipinski definition) is 2. The molecule has 0 saturated heterocycles. The fourth-order valence-electron chi connectivity index (χ4n) is 1.37. The van der Waals surface area contributed by atoms with Crippen LogP contribution in [0.3, 0.4) is 0 Å². The molecule has 0 saturated carbocycles. The number of amides is 1. The summed E-state index contributed by atoms with van der Waals surface area (Å²) in [6, 6.07) is 6.06. The molecule has 1 aromatic rings. The van der Waals surface area contributed by atoms with Gasteiger partial charge in [-0.1, -0.05) is 25.1 Å². The van der Waals surface area contributed by atoms with Gasteiger partial charge >= 0.3 is 0 Å². The van der Waals surface area contributed by atoms with E-state index in [0.29, 0.717) is 5.56 Å². The summed E-state index contributed by atoms with van der Waals surface area (Å²) in [5.74, 6) is -0.719. The molecule has 1 rings (SSSR count). The van der Waals surface area contributed by atoms with Gasteiger partial charge in [0.1, 0.15) is 5.82 Å². The van der Waals surface area contributed by atoms with Crippen molar-refractivity contribution in [2.75, 3.05) is 6.54 Å². The molecule has 0 aliphatic heterocycles. The minimum absolute atomic E-state index is 0.154. The Balaban J connectivity index is 2.69. The van der Waals surface area contributed by atoms with Crippen molar-refractivity contribution in [3.63, 3.8) is 0 Å². The third-order valence-corrected chi connectivity index (χ3v) is 2.53. The molecule has 16 heavy (non-hydrogen) atoms. The number of nitrogens with two attached hydrogens (primary N) is 1. The molecule has 0 aliphatic carbocycles. The fraction of sp³-hybridized carbons (Fsp3) is 0.417. The van der Waals surface area contributed by atoms with Crippen molar-refractivity contribution >= 4 is 5.91 Å². The van der Waals surface area contributed by atoms with Gasteiger partial charge in [0.15, 0.2) is 0 Å². The lowest BCUT2D eigenvalue weighted by Crippen LogP contribution is -2.35. The van der Waals surface area contributed by atoms with E-state index in [0.717, 1.165) is 0 Å². The summed E-state index contributed by atoms with van der Waals surface area (Å²) in [4.78, 5) is 11.6. The van der Waals surface area contributed by atoms with Crippen LogP contribution < -0.4 is 11.1 Å². The summed E-state index contributed by atoms with van der Waals surface area (Å²) in [5, 5.41) is 2.73. The maximum absolute atomic E-state index is 13.4. The molecular weight excluding hydrogens is 207 g/mol. The zero-order chi connectivity index (χ0) is 12.1. The molecule has 0 heterocycles. The summed E-state index contributed by atoms with van der Waals surface area (Å²) >= 11 is 0. The Kier molecular flexibility index (Phi) is 4.43. The molecule has 2 atom stereocenters. The number of hydrogen-bond donors (Lipinski definition) is 2. The van der Waals surface area contributed by atoms with Gasteiger partial charge in [0, 0.05) is 18.0 Å². The van der Waals surface area contributed by atoms with E-state index in [4.69, 9.17) is 5.73 Å². The highest BCUT2D eigenvalue weighted by Crippen LogP contribution is 2.16. The Hall–Kier alpha value is -1.42. The fourth-order valence-corrected chi connectivity index (χ4v) is 1.37. The maximum Gasteiger partial charge on any atom is 0.224 e.